The predicted molar refractivity (Wildman–Crippen MR) is 75.3 cm³/mol. The minimum absolute atomic E-state index is 0.101. The van der Waals surface area contributed by atoms with E-state index in [1.165, 1.54) is 12.8 Å². The molecule has 1 N–H and O–H groups in total. The number of aryl methyl sites for hydroxylation is 1. The van der Waals surface area contributed by atoms with Gasteiger partial charge in [0.15, 0.2) is 0 Å². The van der Waals surface area contributed by atoms with Gasteiger partial charge in [-0.3, -0.25) is 4.79 Å². The number of nitrogens with zero attached hydrogens (tertiary/aromatic N) is 4. The van der Waals surface area contributed by atoms with Crippen molar-refractivity contribution in [3.05, 3.63) is 12.2 Å². The summed E-state index contributed by atoms with van der Waals surface area (Å²) in [4.78, 5) is 19.2. The Morgan fingerprint density at radius 3 is 2.67 bits per heavy atom. The minimum Gasteiger partial charge on any atom is -0.342 e. The van der Waals surface area contributed by atoms with Crippen molar-refractivity contribution >= 4 is 5.91 Å². The predicted octanol–water partition coefficient (Wildman–Crippen LogP) is 0.0493. The number of likely N-dealkylation sites (tertiary alicyclic amines) is 1. The van der Waals surface area contributed by atoms with Crippen molar-refractivity contribution in [2.24, 2.45) is 17.8 Å². The third-order valence-electron chi connectivity index (χ3n) is 6.13. The van der Waals surface area contributed by atoms with E-state index in [2.05, 4.69) is 20.3 Å². The first-order chi connectivity index (χ1) is 10.3. The number of amides is 1. The highest BCUT2D eigenvalue weighted by Crippen LogP contribution is 2.43. The van der Waals surface area contributed by atoms with E-state index in [9.17, 15) is 4.79 Å². The van der Waals surface area contributed by atoms with E-state index < -0.39 is 0 Å². The normalized spacial score (nSPS) is 40.4. The molecule has 1 aromatic heterocycles. The molecular formula is C15H21N5O. The molecule has 6 heteroatoms. The molecule has 0 aliphatic carbocycles. The molecule has 21 heavy (non-hydrogen) atoms. The van der Waals surface area contributed by atoms with Crippen molar-refractivity contribution in [1.29, 1.82) is 0 Å². The molecule has 5 heterocycles. The molecule has 4 aliphatic rings. The molecule has 3 fully saturated rings. The highest BCUT2D eigenvalue weighted by Gasteiger charge is 2.52. The maximum atomic E-state index is 12.8. The van der Waals surface area contributed by atoms with E-state index in [1.54, 1.807) is 6.33 Å². The molecule has 5 atom stereocenters. The second-order valence-corrected chi connectivity index (χ2v) is 7.12. The maximum absolute atomic E-state index is 12.8. The highest BCUT2D eigenvalue weighted by molar-refractivity contribution is 5.79. The third-order valence-corrected chi connectivity index (χ3v) is 6.13. The lowest BCUT2D eigenvalue weighted by Gasteiger charge is -2.27. The fraction of sp³-hybridized carbons (Fsp3) is 0.800. The van der Waals surface area contributed by atoms with Crippen LogP contribution < -0.4 is 5.32 Å². The van der Waals surface area contributed by atoms with Gasteiger partial charge < -0.3 is 10.2 Å². The zero-order valence-corrected chi connectivity index (χ0v) is 12.1. The Hall–Kier alpha value is -1.43. The van der Waals surface area contributed by atoms with Gasteiger partial charge in [0.1, 0.15) is 12.2 Å². The SMILES string of the molecule is O=C(C1CCc2ncnn2C1)N1C[C@@H]2[C@H](C1)[C@@H]1CC[C@H]2N1. The van der Waals surface area contributed by atoms with E-state index in [4.69, 9.17) is 0 Å². The zero-order valence-electron chi connectivity index (χ0n) is 12.1. The lowest BCUT2D eigenvalue weighted by atomic mass is 9.82. The summed E-state index contributed by atoms with van der Waals surface area (Å²) in [7, 11) is 0. The summed E-state index contributed by atoms with van der Waals surface area (Å²) in [6, 6.07) is 1.34. The van der Waals surface area contributed by atoms with Crippen LogP contribution in [0.4, 0.5) is 0 Å². The lowest BCUT2D eigenvalue weighted by Crippen LogP contribution is -2.41. The van der Waals surface area contributed by atoms with Crippen LogP contribution in [0, 0.1) is 17.8 Å². The fourth-order valence-electron chi connectivity index (χ4n) is 5.06. The second-order valence-electron chi connectivity index (χ2n) is 7.12. The molecule has 4 aliphatic heterocycles. The van der Waals surface area contributed by atoms with E-state index >= 15 is 0 Å². The average Bonchev–Trinajstić information content (AvgIpc) is 3.24. The Balaban J connectivity index is 1.30. The van der Waals surface area contributed by atoms with Crippen LogP contribution in [0.1, 0.15) is 25.1 Å². The lowest BCUT2D eigenvalue weighted by molar-refractivity contribution is -0.136. The first-order valence-corrected chi connectivity index (χ1v) is 8.21. The molecule has 0 radical (unpaired) electrons. The van der Waals surface area contributed by atoms with E-state index in [-0.39, 0.29) is 5.92 Å². The van der Waals surface area contributed by atoms with Crippen LogP contribution >= 0.6 is 0 Å². The Morgan fingerprint density at radius 1 is 1.14 bits per heavy atom. The number of rotatable bonds is 1. The average molecular weight is 287 g/mol. The topological polar surface area (TPSA) is 63.1 Å². The van der Waals surface area contributed by atoms with Gasteiger partial charge in [-0.1, -0.05) is 0 Å². The van der Waals surface area contributed by atoms with Crippen LogP contribution in [-0.2, 0) is 17.8 Å². The smallest absolute Gasteiger partial charge is 0.227 e. The summed E-state index contributed by atoms with van der Waals surface area (Å²) in [5.41, 5.74) is 0. The van der Waals surface area contributed by atoms with E-state index in [1.807, 2.05) is 4.68 Å². The summed E-state index contributed by atoms with van der Waals surface area (Å²) < 4.78 is 1.91. The van der Waals surface area contributed by atoms with Crippen LogP contribution in [-0.4, -0.2) is 50.7 Å². The summed E-state index contributed by atoms with van der Waals surface area (Å²) >= 11 is 0. The van der Waals surface area contributed by atoms with Gasteiger partial charge >= 0.3 is 0 Å². The first-order valence-electron chi connectivity index (χ1n) is 8.21. The van der Waals surface area contributed by atoms with Crippen molar-refractivity contribution < 1.29 is 4.79 Å². The molecule has 6 nitrogen and oxygen atoms in total. The number of aromatic nitrogens is 3. The number of hydrogen-bond donors (Lipinski definition) is 1. The standard InChI is InChI=1S/C15H21N5O/c21-15(9-1-4-14-16-8-17-20(14)5-9)19-6-10-11(7-19)13-3-2-12(10)18-13/h8-13,18H,1-7H2/t9?,10-,11+,12-,13+. The molecule has 1 unspecified atom stereocenters. The van der Waals surface area contributed by atoms with Crippen molar-refractivity contribution in [3.8, 4) is 0 Å². The maximum Gasteiger partial charge on any atom is 0.227 e. The van der Waals surface area contributed by atoms with Gasteiger partial charge in [-0.25, -0.2) is 9.67 Å². The second kappa shape index (κ2) is 4.29. The molecule has 5 rings (SSSR count). The van der Waals surface area contributed by atoms with Gasteiger partial charge in [-0.2, -0.15) is 5.10 Å². The largest absolute Gasteiger partial charge is 0.342 e. The fourth-order valence-corrected chi connectivity index (χ4v) is 5.06. The first kappa shape index (κ1) is 12.1. The number of carbonyl (C=O) groups excluding carboxylic acids is 1. The van der Waals surface area contributed by atoms with Crippen LogP contribution in [0.25, 0.3) is 0 Å². The van der Waals surface area contributed by atoms with Crippen LogP contribution in [0.2, 0.25) is 0 Å². The summed E-state index contributed by atoms with van der Waals surface area (Å²) in [5, 5.41) is 7.95. The Morgan fingerprint density at radius 2 is 1.90 bits per heavy atom. The van der Waals surface area contributed by atoms with Crippen molar-refractivity contribution in [2.75, 3.05) is 13.1 Å². The monoisotopic (exact) mass is 287 g/mol. The Labute approximate surface area is 123 Å². The van der Waals surface area contributed by atoms with Gasteiger partial charge in [-0.05, 0) is 31.1 Å². The van der Waals surface area contributed by atoms with Gasteiger partial charge in [0.05, 0.1) is 12.5 Å². The van der Waals surface area contributed by atoms with E-state index in [0.29, 0.717) is 36.4 Å². The zero-order chi connectivity index (χ0) is 14.0. The Bertz CT molecular complexity index is 566. The molecule has 112 valence electrons. The molecule has 2 bridgehead atoms. The van der Waals surface area contributed by atoms with Crippen molar-refractivity contribution in [2.45, 2.75) is 44.3 Å². The number of carbonyl (C=O) groups is 1. The van der Waals surface area contributed by atoms with Crippen molar-refractivity contribution in [3.63, 3.8) is 0 Å². The molecule has 0 saturated carbocycles. The van der Waals surface area contributed by atoms with Gasteiger partial charge in [0.25, 0.3) is 0 Å². The minimum atomic E-state index is 0.101. The van der Waals surface area contributed by atoms with Crippen LogP contribution in [0.3, 0.4) is 0 Å². The van der Waals surface area contributed by atoms with Crippen LogP contribution in [0.15, 0.2) is 6.33 Å². The van der Waals surface area contributed by atoms with Gasteiger partial charge in [-0.15, -0.1) is 0 Å². The number of fused-ring (bicyclic) bond motifs is 6. The molecule has 1 aromatic rings. The van der Waals surface area contributed by atoms with Gasteiger partial charge in [0, 0.05) is 31.6 Å². The molecule has 3 saturated heterocycles. The van der Waals surface area contributed by atoms with Crippen molar-refractivity contribution in [1.82, 2.24) is 25.0 Å². The quantitative estimate of drug-likeness (QED) is 0.793. The number of nitrogens with one attached hydrogen (secondary N) is 1. The highest BCUT2D eigenvalue weighted by atomic mass is 16.2. The number of hydrogen-bond acceptors (Lipinski definition) is 4. The van der Waals surface area contributed by atoms with E-state index in [0.717, 1.165) is 31.8 Å². The third kappa shape index (κ3) is 1.71. The summed E-state index contributed by atoms with van der Waals surface area (Å²) in [5.74, 6) is 2.89. The molecule has 0 aromatic carbocycles. The Kier molecular flexibility index (Phi) is 2.48. The molecule has 0 spiro atoms. The van der Waals surface area contributed by atoms with Crippen LogP contribution in [0.5, 0.6) is 0 Å². The summed E-state index contributed by atoms with van der Waals surface area (Å²) in [6.45, 7) is 2.65. The molecule has 1 amide bonds. The molecular weight excluding hydrogens is 266 g/mol. The van der Waals surface area contributed by atoms with Gasteiger partial charge in [0.2, 0.25) is 5.91 Å². The summed E-state index contributed by atoms with van der Waals surface area (Å²) in [6.07, 6.45) is 6.02.